The molecule has 1 aromatic carbocycles. The second-order valence-corrected chi connectivity index (χ2v) is 5.38. The predicted molar refractivity (Wildman–Crippen MR) is 79.4 cm³/mol. The first-order chi connectivity index (χ1) is 9.40. The van der Waals surface area contributed by atoms with Crippen molar-refractivity contribution in [3.8, 4) is 11.5 Å². The highest BCUT2D eigenvalue weighted by Gasteiger charge is 2.12. The van der Waals surface area contributed by atoms with Crippen LogP contribution in [0.3, 0.4) is 0 Å². The zero-order chi connectivity index (χ0) is 15.0. The van der Waals surface area contributed by atoms with Crippen molar-refractivity contribution in [1.82, 2.24) is 10.6 Å². The van der Waals surface area contributed by atoms with E-state index in [9.17, 15) is 4.79 Å². The molecule has 20 heavy (non-hydrogen) atoms. The number of benzene rings is 1. The van der Waals surface area contributed by atoms with Crippen molar-refractivity contribution in [3.05, 3.63) is 24.3 Å². The van der Waals surface area contributed by atoms with Crippen LogP contribution in [0, 0.1) is 0 Å². The topological polar surface area (TPSA) is 59.6 Å². The largest absolute Gasteiger partial charge is 0.494 e. The molecule has 0 bridgehead atoms. The van der Waals surface area contributed by atoms with Crippen molar-refractivity contribution in [1.29, 1.82) is 0 Å². The van der Waals surface area contributed by atoms with E-state index >= 15 is 0 Å². The number of hydrogen-bond acceptors (Lipinski definition) is 3. The van der Waals surface area contributed by atoms with Gasteiger partial charge in [-0.15, -0.1) is 0 Å². The van der Waals surface area contributed by atoms with Crippen LogP contribution in [0.1, 0.15) is 27.7 Å². The summed E-state index contributed by atoms with van der Waals surface area (Å²) in [5.74, 6) is 1.58. The summed E-state index contributed by atoms with van der Waals surface area (Å²) in [5, 5.41) is 5.56. The van der Waals surface area contributed by atoms with Crippen molar-refractivity contribution >= 4 is 6.03 Å². The van der Waals surface area contributed by atoms with Crippen molar-refractivity contribution in [2.45, 2.75) is 33.2 Å². The Morgan fingerprint density at radius 3 is 2.15 bits per heavy atom. The van der Waals surface area contributed by atoms with Crippen LogP contribution in [-0.4, -0.2) is 31.3 Å². The zero-order valence-corrected chi connectivity index (χ0v) is 12.7. The lowest BCUT2D eigenvalue weighted by atomic mass is 10.1. The molecule has 0 saturated carbocycles. The maximum atomic E-state index is 11.5. The van der Waals surface area contributed by atoms with Gasteiger partial charge < -0.3 is 20.1 Å². The van der Waals surface area contributed by atoms with Gasteiger partial charge in [0.2, 0.25) is 0 Å². The van der Waals surface area contributed by atoms with Crippen LogP contribution in [-0.2, 0) is 0 Å². The van der Waals surface area contributed by atoms with Gasteiger partial charge in [-0.3, -0.25) is 0 Å². The Labute approximate surface area is 120 Å². The monoisotopic (exact) mass is 280 g/mol. The molecule has 0 heterocycles. The smallest absolute Gasteiger partial charge is 0.315 e. The Hall–Kier alpha value is -1.91. The standard InChI is InChI=1S/C15H24N2O3/c1-5-19-12-6-8-13(9-7-12)20-11-10-16-14(18)17-15(2,3)4/h6-9H,5,10-11H2,1-4H3,(H2,16,17,18). The van der Waals surface area contributed by atoms with Gasteiger partial charge in [-0.2, -0.15) is 0 Å². The first-order valence-corrected chi connectivity index (χ1v) is 6.82. The van der Waals surface area contributed by atoms with E-state index in [1.807, 2.05) is 52.0 Å². The summed E-state index contributed by atoms with van der Waals surface area (Å²) in [7, 11) is 0. The van der Waals surface area contributed by atoms with E-state index in [0.717, 1.165) is 11.5 Å². The summed E-state index contributed by atoms with van der Waals surface area (Å²) < 4.78 is 10.9. The number of carbonyl (C=O) groups excluding carboxylic acids is 1. The lowest BCUT2D eigenvalue weighted by Gasteiger charge is -2.20. The molecule has 0 spiro atoms. The first-order valence-electron chi connectivity index (χ1n) is 6.82. The highest BCUT2D eigenvalue weighted by molar-refractivity contribution is 5.74. The Morgan fingerprint density at radius 1 is 1.10 bits per heavy atom. The average molecular weight is 280 g/mol. The summed E-state index contributed by atoms with van der Waals surface area (Å²) in [5.41, 5.74) is -0.236. The molecular formula is C15H24N2O3. The van der Waals surface area contributed by atoms with Gasteiger partial charge in [0, 0.05) is 5.54 Å². The van der Waals surface area contributed by atoms with Crippen LogP contribution in [0.25, 0.3) is 0 Å². The van der Waals surface area contributed by atoms with E-state index in [1.165, 1.54) is 0 Å². The minimum Gasteiger partial charge on any atom is -0.494 e. The lowest BCUT2D eigenvalue weighted by molar-refractivity contribution is 0.228. The van der Waals surface area contributed by atoms with E-state index in [-0.39, 0.29) is 11.6 Å². The van der Waals surface area contributed by atoms with Gasteiger partial charge in [0.1, 0.15) is 18.1 Å². The zero-order valence-electron chi connectivity index (χ0n) is 12.7. The van der Waals surface area contributed by atoms with Gasteiger partial charge in [-0.25, -0.2) is 4.79 Å². The molecule has 0 saturated heterocycles. The van der Waals surface area contributed by atoms with Crippen molar-refractivity contribution in [2.24, 2.45) is 0 Å². The Morgan fingerprint density at radius 2 is 1.65 bits per heavy atom. The van der Waals surface area contributed by atoms with Gasteiger partial charge in [-0.05, 0) is 52.0 Å². The van der Waals surface area contributed by atoms with E-state index in [4.69, 9.17) is 9.47 Å². The minimum atomic E-state index is -0.236. The van der Waals surface area contributed by atoms with Crippen molar-refractivity contribution in [3.63, 3.8) is 0 Å². The molecule has 2 amide bonds. The predicted octanol–water partition coefficient (Wildman–Crippen LogP) is 2.56. The SMILES string of the molecule is CCOc1ccc(OCCNC(=O)NC(C)(C)C)cc1. The molecule has 0 aliphatic carbocycles. The molecule has 0 aromatic heterocycles. The Bertz CT molecular complexity index is 410. The number of hydrogen-bond donors (Lipinski definition) is 2. The van der Waals surface area contributed by atoms with Crippen LogP contribution >= 0.6 is 0 Å². The minimum absolute atomic E-state index is 0.187. The number of ether oxygens (including phenoxy) is 2. The molecule has 0 aliphatic rings. The Kier molecular flexibility index (Phi) is 6.15. The second kappa shape index (κ2) is 7.62. The maximum Gasteiger partial charge on any atom is 0.315 e. The van der Waals surface area contributed by atoms with Crippen LogP contribution in [0.15, 0.2) is 24.3 Å². The molecule has 1 aromatic rings. The summed E-state index contributed by atoms with van der Waals surface area (Å²) in [6.45, 7) is 9.27. The lowest BCUT2D eigenvalue weighted by Crippen LogP contribution is -2.47. The van der Waals surface area contributed by atoms with E-state index in [1.54, 1.807) is 0 Å². The maximum absolute atomic E-state index is 11.5. The third kappa shape index (κ3) is 6.87. The molecule has 5 nitrogen and oxygen atoms in total. The fraction of sp³-hybridized carbons (Fsp3) is 0.533. The summed E-state index contributed by atoms with van der Waals surface area (Å²) in [4.78, 5) is 11.5. The van der Waals surface area contributed by atoms with Crippen molar-refractivity contribution < 1.29 is 14.3 Å². The molecule has 0 unspecified atom stereocenters. The number of amides is 2. The van der Waals surface area contributed by atoms with Gasteiger partial charge in [0.25, 0.3) is 0 Å². The van der Waals surface area contributed by atoms with Crippen LogP contribution < -0.4 is 20.1 Å². The normalized spacial score (nSPS) is 10.8. The molecule has 0 atom stereocenters. The number of rotatable bonds is 6. The third-order valence-electron chi connectivity index (χ3n) is 2.28. The van der Waals surface area contributed by atoms with Crippen LogP contribution in [0.4, 0.5) is 4.79 Å². The fourth-order valence-corrected chi connectivity index (χ4v) is 1.52. The highest BCUT2D eigenvalue weighted by atomic mass is 16.5. The third-order valence-corrected chi connectivity index (χ3v) is 2.28. The average Bonchev–Trinajstić information content (AvgIpc) is 2.35. The quantitative estimate of drug-likeness (QED) is 0.787. The number of nitrogens with one attached hydrogen (secondary N) is 2. The molecule has 1 rings (SSSR count). The molecule has 0 aliphatic heterocycles. The summed E-state index contributed by atoms with van der Waals surface area (Å²) in [6.07, 6.45) is 0. The molecule has 0 radical (unpaired) electrons. The molecule has 112 valence electrons. The Balaban J connectivity index is 2.22. The molecule has 5 heteroatoms. The van der Waals surface area contributed by atoms with Gasteiger partial charge in [-0.1, -0.05) is 0 Å². The summed E-state index contributed by atoms with van der Waals surface area (Å²) >= 11 is 0. The van der Waals surface area contributed by atoms with Gasteiger partial charge in [0.05, 0.1) is 13.2 Å². The number of carbonyl (C=O) groups is 1. The van der Waals surface area contributed by atoms with E-state index < -0.39 is 0 Å². The van der Waals surface area contributed by atoms with E-state index in [2.05, 4.69) is 10.6 Å². The molecule has 0 fully saturated rings. The number of urea groups is 1. The van der Waals surface area contributed by atoms with Gasteiger partial charge in [0.15, 0.2) is 0 Å². The van der Waals surface area contributed by atoms with Crippen LogP contribution in [0.5, 0.6) is 11.5 Å². The van der Waals surface area contributed by atoms with Crippen LogP contribution in [0.2, 0.25) is 0 Å². The molecular weight excluding hydrogens is 256 g/mol. The van der Waals surface area contributed by atoms with E-state index in [0.29, 0.717) is 19.8 Å². The van der Waals surface area contributed by atoms with Gasteiger partial charge >= 0.3 is 6.03 Å². The summed E-state index contributed by atoms with van der Waals surface area (Å²) in [6, 6.07) is 7.23. The molecule has 2 N–H and O–H groups in total. The fourth-order valence-electron chi connectivity index (χ4n) is 1.52. The second-order valence-electron chi connectivity index (χ2n) is 5.38. The van der Waals surface area contributed by atoms with Crippen molar-refractivity contribution in [2.75, 3.05) is 19.8 Å². The first kappa shape index (κ1) is 16.1. The highest BCUT2D eigenvalue weighted by Crippen LogP contribution is 2.17.